The van der Waals surface area contributed by atoms with Crippen molar-refractivity contribution in [2.24, 2.45) is 0 Å². The van der Waals surface area contributed by atoms with Gasteiger partial charge in [0.1, 0.15) is 16.7 Å². The van der Waals surface area contributed by atoms with Crippen LogP contribution in [-0.4, -0.2) is 21.5 Å². The predicted octanol–water partition coefficient (Wildman–Crippen LogP) is 3.78. The van der Waals surface area contributed by atoms with E-state index in [0.717, 1.165) is 34.0 Å². The highest BCUT2D eigenvalue weighted by atomic mass is 32.2. The first-order valence-corrected chi connectivity index (χ1v) is 8.25. The van der Waals surface area contributed by atoms with Gasteiger partial charge in [0.05, 0.1) is 0 Å². The van der Waals surface area contributed by atoms with Crippen molar-refractivity contribution in [1.82, 2.24) is 15.0 Å². The largest absolute Gasteiger partial charge is 0.370 e. The summed E-state index contributed by atoms with van der Waals surface area (Å²) in [6, 6.07) is 2.02. The number of hydrogen-bond donors (Lipinski definition) is 1. The Morgan fingerprint density at radius 2 is 2.32 bits per heavy atom. The lowest BCUT2D eigenvalue weighted by Gasteiger charge is -2.08. The van der Waals surface area contributed by atoms with E-state index in [-0.39, 0.29) is 0 Å². The van der Waals surface area contributed by atoms with Gasteiger partial charge in [-0.05, 0) is 31.0 Å². The molecule has 0 atom stereocenters. The number of anilines is 1. The van der Waals surface area contributed by atoms with Crippen molar-refractivity contribution < 1.29 is 0 Å². The van der Waals surface area contributed by atoms with Crippen LogP contribution in [-0.2, 0) is 0 Å². The molecule has 0 aliphatic heterocycles. The van der Waals surface area contributed by atoms with Crippen LogP contribution in [0.5, 0.6) is 0 Å². The number of hydrogen-bond acceptors (Lipinski definition) is 6. The number of nitrogens with one attached hydrogen (secondary N) is 1. The van der Waals surface area contributed by atoms with E-state index < -0.39 is 0 Å². The van der Waals surface area contributed by atoms with E-state index in [2.05, 4.69) is 27.2 Å². The maximum absolute atomic E-state index is 4.66. The number of nitrogens with zero attached hydrogens (tertiary/aromatic N) is 3. The van der Waals surface area contributed by atoms with Crippen molar-refractivity contribution in [3.05, 3.63) is 23.5 Å². The SMILES string of the molecule is CCCNc1cc(Sc2nccs2)nc(C2CC2)n1. The molecular formula is C13H16N4S2. The van der Waals surface area contributed by atoms with Crippen molar-refractivity contribution >= 4 is 28.9 Å². The Morgan fingerprint density at radius 3 is 3.00 bits per heavy atom. The molecule has 1 aliphatic rings. The summed E-state index contributed by atoms with van der Waals surface area (Å²) in [5.74, 6) is 2.50. The molecule has 1 aliphatic carbocycles. The zero-order chi connectivity index (χ0) is 13.1. The first-order chi connectivity index (χ1) is 9.35. The smallest absolute Gasteiger partial charge is 0.156 e. The van der Waals surface area contributed by atoms with Crippen LogP contribution >= 0.6 is 23.1 Å². The second kappa shape index (κ2) is 5.88. The molecule has 3 rings (SSSR count). The highest BCUT2D eigenvalue weighted by Crippen LogP contribution is 2.39. The molecule has 2 aromatic heterocycles. The standard InChI is InChI=1S/C13H16N4S2/c1-2-5-14-10-8-11(19-13-15-6-7-18-13)17-12(16-10)9-3-4-9/h6-9H,2-5H2,1H3,(H,14,16,17). The minimum Gasteiger partial charge on any atom is -0.370 e. The molecule has 2 aromatic rings. The van der Waals surface area contributed by atoms with Crippen molar-refractivity contribution in [2.45, 2.75) is 41.5 Å². The van der Waals surface area contributed by atoms with Crippen LogP contribution < -0.4 is 5.32 Å². The topological polar surface area (TPSA) is 50.7 Å². The van der Waals surface area contributed by atoms with Crippen LogP contribution in [0.15, 0.2) is 27.0 Å². The number of rotatable bonds is 6. The summed E-state index contributed by atoms with van der Waals surface area (Å²) in [5.41, 5.74) is 0. The van der Waals surface area contributed by atoms with E-state index in [1.165, 1.54) is 12.8 Å². The maximum atomic E-state index is 4.66. The van der Waals surface area contributed by atoms with Gasteiger partial charge in [-0.15, -0.1) is 11.3 Å². The third-order valence-corrected chi connectivity index (χ3v) is 4.62. The van der Waals surface area contributed by atoms with Crippen LogP contribution in [0.3, 0.4) is 0 Å². The van der Waals surface area contributed by atoms with Gasteiger partial charge >= 0.3 is 0 Å². The predicted molar refractivity (Wildman–Crippen MR) is 79.0 cm³/mol. The van der Waals surface area contributed by atoms with Crippen LogP contribution in [0.4, 0.5) is 5.82 Å². The van der Waals surface area contributed by atoms with Gasteiger partial charge in [-0.3, -0.25) is 0 Å². The average molecular weight is 292 g/mol. The molecule has 2 heterocycles. The van der Waals surface area contributed by atoms with Gasteiger partial charge in [0, 0.05) is 30.1 Å². The van der Waals surface area contributed by atoms with E-state index in [0.29, 0.717) is 5.92 Å². The Bertz CT molecular complexity index is 538. The fraction of sp³-hybridized carbons (Fsp3) is 0.462. The second-order valence-electron chi connectivity index (χ2n) is 4.55. The Kier molecular flexibility index (Phi) is 3.98. The van der Waals surface area contributed by atoms with E-state index in [4.69, 9.17) is 0 Å². The summed E-state index contributed by atoms with van der Waals surface area (Å²) in [6.45, 7) is 3.10. The molecule has 19 heavy (non-hydrogen) atoms. The zero-order valence-corrected chi connectivity index (χ0v) is 12.4. The van der Waals surface area contributed by atoms with Gasteiger partial charge in [-0.25, -0.2) is 15.0 Å². The van der Waals surface area contributed by atoms with Crippen LogP contribution in [0.2, 0.25) is 0 Å². The fourth-order valence-electron chi connectivity index (χ4n) is 1.71. The third-order valence-electron chi connectivity index (χ3n) is 2.82. The average Bonchev–Trinajstić information content (AvgIpc) is 3.16. The molecular weight excluding hydrogens is 276 g/mol. The molecule has 0 saturated heterocycles. The fourth-order valence-corrected chi connectivity index (χ4v) is 3.29. The monoisotopic (exact) mass is 292 g/mol. The van der Waals surface area contributed by atoms with Gasteiger partial charge in [0.2, 0.25) is 0 Å². The quantitative estimate of drug-likeness (QED) is 0.821. The molecule has 0 amide bonds. The minimum atomic E-state index is 0.569. The second-order valence-corrected chi connectivity index (χ2v) is 6.71. The Morgan fingerprint density at radius 1 is 1.42 bits per heavy atom. The van der Waals surface area contributed by atoms with Crippen molar-refractivity contribution in [3.63, 3.8) is 0 Å². The molecule has 1 saturated carbocycles. The summed E-state index contributed by atoms with van der Waals surface area (Å²) >= 11 is 3.26. The molecule has 6 heteroatoms. The highest BCUT2D eigenvalue weighted by Gasteiger charge is 2.27. The molecule has 0 aromatic carbocycles. The minimum absolute atomic E-state index is 0.569. The van der Waals surface area contributed by atoms with E-state index in [1.807, 2.05) is 17.6 Å². The van der Waals surface area contributed by atoms with E-state index in [9.17, 15) is 0 Å². The Labute approximate surface area is 121 Å². The third kappa shape index (κ3) is 3.45. The molecule has 0 spiro atoms. The molecule has 1 fully saturated rings. The lowest BCUT2D eigenvalue weighted by molar-refractivity contribution is 0.868. The van der Waals surface area contributed by atoms with Gasteiger partial charge in [-0.2, -0.15) is 0 Å². The van der Waals surface area contributed by atoms with Gasteiger partial charge in [-0.1, -0.05) is 6.92 Å². The van der Waals surface area contributed by atoms with Crippen LogP contribution in [0, 0.1) is 0 Å². The molecule has 1 N–H and O–H groups in total. The number of aromatic nitrogens is 3. The zero-order valence-electron chi connectivity index (χ0n) is 10.8. The number of thiazole rings is 1. The molecule has 0 radical (unpaired) electrons. The Balaban J connectivity index is 1.82. The summed E-state index contributed by atoms with van der Waals surface area (Å²) < 4.78 is 1.03. The summed E-state index contributed by atoms with van der Waals surface area (Å²) in [4.78, 5) is 13.6. The highest BCUT2D eigenvalue weighted by molar-refractivity contribution is 8.01. The van der Waals surface area contributed by atoms with Crippen LogP contribution in [0.1, 0.15) is 37.9 Å². The van der Waals surface area contributed by atoms with Crippen molar-refractivity contribution in [2.75, 3.05) is 11.9 Å². The lowest BCUT2D eigenvalue weighted by atomic mass is 10.4. The first-order valence-electron chi connectivity index (χ1n) is 6.55. The van der Waals surface area contributed by atoms with Gasteiger partial charge in [0.25, 0.3) is 0 Å². The molecule has 0 unspecified atom stereocenters. The molecule has 100 valence electrons. The summed E-state index contributed by atoms with van der Waals surface area (Å²) in [6.07, 6.45) is 5.36. The summed E-state index contributed by atoms with van der Waals surface area (Å²) in [5, 5.41) is 6.33. The normalized spacial score (nSPS) is 14.6. The van der Waals surface area contributed by atoms with E-state index in [1.54, 1.807) is 23.1 Å². The van der Waals surface area contributed by atoms with Gasteiger partial charge < -0.3 is 5.32 Å². The molecule has 0 bridgehead atoms. The van der Waals surface area contributed by atoms with Crippen molar-refractivity contribution in [3.8, 4) is 0 Å². The van der Waals surface area contributed by atoms with Gasteiger partial charge in [0.15, 0.2) is 4.34 Å². The Hall–Kier alpha value is -1.14. The summed E-state index contributed by atoms with van der Waals surface area (Å²) in [7, 11) is 0. The van der Waals surface area contributed by atoms with Crippen LogP contribution in [0.25, 0.3) is 0 Å². The molecule has 4 nitrogen and oxygen atoms in total. The van der Waals surface area contributed by atoms with E-state index >= 15 is 0 Å². The first kappa shape index (κ1) is 12.9. The lowest BCUT2D eigenvalue weighted by Crippen LogP contribution is -2.05. The maximum Gasteiger partial charge on any atom is 0.156 e. The van der Waals surface area contributed by atoms with Crippen molar-refractivity contribution in [1.29, 1.82) is 0 Å².